The topological polar surface area (TPSA) is 251 Å². The molecular formula is C32H44N8O6. The number of aliphatic carboxylic acids is 1. The number of phenols is 1. The van der Waals surface area contributed by atoms with Crippen LogP contribution in [0.15, 0.2) is 59.7 Å². The lowest BCUT2D eigenvalue weighted by atomic mass is 10.00. The average Bonchev–Trinajstić information content (AvgIpc) is 3.40. The zero-order chi connectivity index (χ0) is 33.8. The monoisotopic (exact) mass is 636 g/mol. The number of nitrogens with two attached hydrogens (primary N) is 3. The van der Waals surface area contributed by atoms with Crippen LogP contribution in [0, 0.1) is 5.92 Å². The van der Waals surface area contributed by atoms with Gasteiger partial charge in [-0.25, -0.2) is 4.79 Å². The lowest BCUT2D eigenvalue weighted by Crippen LogP contribution is -2.57. The first-order chi connectivity index (χ1) is 21.8. The van der Waals surface area contributed by atoms with Crippen molar-refractivity contribution >= 4 is 40.6 Å². The van der Waals surface area contributed by atoms with Gasteiger partial charge in [0.1, 0.15) is 23.9 Å². The van der Waals surface area contributed by atoms with Gasteiger partial charge in [0.15, 0.2) is 5.96 Å². The Balaban J connectivity index is 1.73. The van der Waals surface area contributed by atoms with E-state index in [1.807, 2.05) is 38.1 Å². The van der Waals surface area contributed by atoms with Crippen molar-refractivity contribution < 1.29 is 29.4 Å². The molecule has 3 aromatic rings. The number of hydrogen-bond acceptors (Lipinski definition) is 7. The second-order valence-corrected chi connectivity index (χ2v) is 11.6. The number of aromatic hydroxyl groups is 1. The molecule has 0 spiro atoms. The second-order valence-electron chi connectivity index (χ2n) is 11.6. The summed E-state index contributed by atoms with van der Waals surface area (Å²) in [6.07, 6.45) is 2.65. The fourth-order valence-corrected chi connectivity index (χ4v) is 5.00. The molecule has 4 unspecified atom stereocenters. The number of benzene rings is 2. The molecule has 0 aliphatic rings. The summed E-state index contributed by atoms with van der Waals surface area (Å²) in [7, 11) is 0. The number of nitrogens with one attached hydrogen (secondary N) is 4. The number of fused-ring (bicyclic) bond motifs is 1. The van der Waals surface area contributed by atoms with Gasteiger partial charge < -0.3 is 48.3 Å². The van der Waals surface area contributed by atoms with Crippen molar-refractivity contribution in [1.82, 2.24) is 20.9 Å². The van der Waals surface area contributed by atoms with E-state index in [4.69, 9.17) is 17.2 Å². The van der Waals surface area contributed by atoms with Crippen molar-refractivity contribution in [3.8, 4) is 5.75 Å². The number of rotatable bonds is 17. The minimum Gasteiger partial charge on any atom is -0.508 e. The van der Waals surface area contributed by atoms with Gasteiger partial charge in [-0.2, -0.15) is 0 Å². The molecular weight excluding hydrogens is 592 g/mol. The smallest absolute Gasteiger partial charge is 0.326 e. The largest absolute Gasteiger partial charge is 0.508 e. The normalized spacial score (nSPS) is 13.7. The van der Waals surface area contributed by atoms with E-state index in [2.05, 4.69) is 25.9 Å². The van der Waals surface area contributed by atoms with Gasteiger partial charge in [0, 0.05) is 30.1 Å². The SMILES string of the molecule is CC(C)CC(NC(=O)C(CCCN=C(N)N)NC(=O)C(N)Cc1c[nH]c2ccccc12)C(=O)NC(Cc1ccc(O)cc1)C(=O)O. The van der Waals surface area contributed by atoms with Crippen LogP contribution in [0.25, 0.3) is 10.9 Å². The van der Waals surface area contributed by atoms with Crippen molar-refractivity contribution in [3.63, 3.8) is 0 Å². The summed E-state index contributed by atoms with van der Waals surface area (Å²) >= 11 is 0. The number of phenolic OH excluding ortho intramolecular Hbond substituents is 1. The first-order valence-electron chi connectivity index (χ1n) is 15.1. The number of guanidine groups is 1. The number of H-pyrrole nitrogens is 1. The predicted molar refractivity (Wildman–Crippen MR) is 175 cm³/mol. The molecule has 4 atom stereocenters. The van der Waals surface area contributed by atoms with Gasteiger partial charge in [-0.1, -0.05) is 44.2 Å². The maximum absolute atomic E-state index is 13.6. The molecule has 0 aliphatic carbocycles. The van der Waals surface area contributed by atoms with Gasteiger partial charge in [0.25, 0.3) is 0 Å². The summed E-state index contributed by atoms with van der Waals surface area (Å²) < 4.78 is 0. The van der Waals surface area contributed by atoms with Crippen LogP contribution < -0.4 is 33.2 Å². The number of nitrogens with zero attached hydrogens (tertiary/aromatic N) is 1. The van der Waals surface area contributed by atoms with Crippen LogP contribution in [-0.4, -0.2) is 75.6 Å². The van der Waals surface area contributed by atoms with Crippen LogP contribution >= 0.6 is 0 Å². The third-order valence-corrected chi connectivity index (χ3v) is 7.36. The molecule has 0 fully saturated rings. The molecule has 14 nitrogen and oxygen atoms in total. The first kappa shape index (κ1) is 35.4. The van der Waals surface area contributed by atoms with Gasteiger partial charge in [0.2, 0.25) is 17.7 Å². The summed E-state index contributed by atoms with van der Waals surface area (Å²) in [6.45, 7) is 3.92. The highest BCUT2D eigenvalue weighted by atomic mass is 16.4. The minimum atomic E-state index is -1.29. The molecule has 0 bridgehead atoms. The molecule has 14 heteroatoms. The molecule has 3 rings (SSSR count). The van der Waals surface area contributed by atoms with E-state index >= 15 is 0 Å². The van der Waals surface area contributed by atoms with Crippen LogP contribution in [0.2, 0.25) is 0 Å². The van der Waals surface area contributed by atoms with Gasteiger partial charge in [-0.15, -0.1) is 0 Å². The van der Waals surface area contributed by atoms with E-state index in [-0.39, 0.29) is 49.9 Å². The number of carboxylic acid groups (broad SMARTS) is 1. The fraction of sp³-hybridized carbons (Fsp3) is 0.406. The number of carbonyl (C=O) groups excluding carboxylic acids is 3. The molecule has 1 heterocycles. The van der Waals surface area contributed by atoms with Crippen LogP contribution in [-0.2, 0) is 32.0 Å². The summed E-state index contributed by atoms with van der Waals surface area (Å²) in [4.78, 5) is 59.3. The molecule has 3 amide bonds. The number of carboxylic acids is 1. The molecule has 12 N–H and O–H groups in total. The number of aromatic amines is 1. The first-order valence-corrected chi connectivity index (χ1v) is 15.1. The number of hydrogen-bond donors (Lipinski definition) is 9. The van der Waals surface area contributed by atoms with Crippen LogP contribution in [0.4, 0.5) is 0 Å². The number of aliphatic imine (C=N–C) groups is 1. The Morgan fingerprint density at radius 2 is 1.50 bits per heavy atom. The number of carbonyl (C=O) groups is 4. The van der Waals surface area contributed by atoms with E-state index in [1.165, 1.54) is 12.1 Å². The summed E-state index contributed by atoms with van der Waals surface area (Å²) in [5, 5.41) is 28.2. The van der Waals surface area contributed by atoms with Crippen LogP contribution in [0.1, 0.15) is 44.2 Å². The Bertz CT molecular complexity index is 1520. The van der Waals surface area contributed by atoms with E-state index in [1.54, 1.807) is 18.3 Å². The van der Waals surface area contributed by atoms with Gasteiger partial charge in [0.05, 0.1) is 6.04 Å². The zero-order valence-electron chi connectivity index (χ0n) is 26.0. The molecule has 2 aromatic carbocycles. The van der Waals surface area contributed by atoms with Gasteiger partial charge in [-0.05, 0) is 60.9 Å². The predicted octanol–water partition coefficient (Wildman–Crippen LogP) is 0.625. The van der Waals surface area contributed by atoms with Crippen molar-refractivity contribution in [1.29, 1.82) is 0 Å². The third-order valence-electron chi connectivity index (χ3n) is 7.36. The molecule has 0 aliphatic heterocycles. The number of aromatic nitrogens is 1. The average molecular weight is 637 g/mol. The Hall–Kier alpha value is -5.11. The van der Waals surface area contributed by atoms with E-state index in [0.717, 1.165) is 16.5 Å². The second kappa shape index (κ2) is 16.8. The highest BCUT2D eigenvalue weighted by Crippen LogP contribution is 2.19. The molecule has 0 saturated carbocycles. The third kappa shape index (κ3) is 10.8. The quantitative estimate of drug-likeness (QED) is 0.0571. The van der Waals surface area contributed by atoms with E-state index < -0.39 is 47.9 Å². The fourth-order valence-electron chi connectivity index (χ4n) is 5.00. The maximum atomic E-state index is 13.6. The zero-order valence-corrected chi connectivity index (χ0v) is 26.0. The van der Waals surface area contributed by atoms with Crippen molar-refractivity contribution in [2.24, 2.45) is 28.1 Å². The van der Waals surface area contributed by atoms with Gasteiger partial charge in [-0.3, -0.25) is 19.4 Å². The van der Waals surface area contributed by atoms with E-state index in [9.17, 15) is 29.4 Å². The Morgan fingerprint density at radius 1 is 0.870 bits per heavy atom. The molecule has 0 saturated heterocycles. The lowest BCUT2D eigenvalue weighted by molar-refractivity contribution is -0.142. The summed E-state index contributed by atoms with van der Waals surface area (Å²) in [5.41, 5.74) is 19.4. The Morgan fingerprint density at radius 3 is 2.15 bits per heavy atom. The Kier molecular flexibility index (Phi) is 12.9. The molecule has 46 heavy (non-hydrogen) atoms. The van der Waals surface area contributed by atoms with Crippen LogP contribution in [0.3, 0.4) is 0 Å². The lowest BCUT2D eigenvalue weighted by Gasteiger charge is -2.26. The Labute approximate surface area is 267 Å². The van der Waals surface area contributed by atoms with Crippen molar-refractivity contribution in [2.45, 2.75) is 70.1 Å². The standard InChI is InChI=1S/C32H44N8O6/c1-18(2)14-26(30(44)40-27(31(45)46)15-19-9-11-21(41)12-10-19)39-29(43)25(8-5-13-36-32(34)35)38-28(42)23(33)16-20-17-37-24-7-4-3-6-22(20)24/h3-4,6-7,9-12,17-18,23,25-27,37,41H,5,8,13-16,33H2,1-2H3,(H,38,42)(H,39,43)(H,40,44)(H,45,46)(H4,34,35,36). The minimum absolute atomic E-state index is 0.0261. The number of amides is 3. The summed E-state index contributed by atoms with van der Waals surface area (Å²) in [5.74, 6) is -3.27. The molecule has 248 valence electrons. The van der Waals surface area contributed by atoms with E-state index in [0.29, 0.717) is 12.0 Å². The van der Waals surface area contributed by atoms with Gasteiger partial charge >= 0.3 is 5.97 Å². The highest BCUT2D eigenvalue weighted by molar-refractivity contribution is 5.94. The van der Waals surface area contributed by atoms with Crippen LogP contribution in [0.5, 0.6) is 5.75 Å². The van der Waals surface area contributed by atoms with Crippen molar-refractivity contribution in [3.05, 3.63) is 65.9 Å². The highest BCUT2D eigenvalue weighted by Gasteiger charge is 2.31. The summed E-state index contributed by atoms with van der Waals surface area (Å²) in [6, 6.07) is 9.15. The molecule has 0 radical (unpaired) electrons. The van der Waals surface area contributed by atoms with Crippen molar-refractivity contribution in [2.75, 3.05) is 6.54 Å². The number of para-hydroxylation sites is 1. The molecule has 1 aromatic heterocycles. The maximum Gasteiger partial charge on any atom is 0.326 e.